The molecule has 0 heterocycles. The van der Waals surface area contributed by atoms with Gasteiger partial charge in [0, 0.05) is 31.0 Å². The van der Waals surface area contributed by atoms with Crippen molar-refractivity contribution in [3.8, 4) is 5.75 Å². The Kier molecular flexibility index (Phi) is 4.73. The van der Waals surface area contributed by atoms with E-state index in [-0.39, 0.29) is 6.04 Å². The molecule has 2 aromatic rings. The summed E-state index contributed by atoms with van der Waals surface area (Å²) in [5, 5.41) is 3.54. The van der Waals surface area contributed by atoms with Crippen LogP contribution < -0.4 is 15.0 Å². The lowest BCUT2D eigenvalue weighted by Crippen LogP contribution is -2.11. The monoisotopic (exact) mass is 284 g/mol. The van der Waals surface area contributed by atoms with Gasteiger partial charge in [-0.3, -0.25) is 0 Å². The summed E-state index contributed by atoms with van der Waals surface area (Å²) >= 11 is 0. The number of hydrogen-bond acceptors (Lipinski definition) is 3. The predicted molar refractivity (Wildman–Crippen MR) is 90.5 cm³/mol. The van der Waals surface area contributed by atoms with Crippen LogP contribution in [-0.2, 0) is 0 Å². The molecule has 112 valence electrons. The van der Waals surface area contributed by atoms with E-state index in [9.17, 15) is 0 Å². The lowest BCUT2D eigenvalue weighted by Gasteiger charge is -2.20. The van der Waals surface area contributed by atoms with Crippen molar-refractivity contribution in [3.63, 3.8) is 0 Å². The van der Waals surface area contributed by atoms with Crippen molar-refractivity contribution in [1.29, 1.82) is 0 Å². The van der Waals surface area contributed by atoms with Crippen LogP contribution in [0, 0.1) is 6.92 Å². The second-order valence-electron chi connectivity index (χ2n) is 5.56. The predicted octanol–water partition coefficient (Wildman–Crippen LogP) is 4.24. The van der Waals surface area contributed by atoms with Crippen LogP contribution in [0.1, 0.15) is 24.1 Å². The normalized spacial score (nSPS) is 11.9. The molecule has 2 aromatic carbocycles. The molecular weight excluding hydrogens is 260 g/mol. The number of ether oxygens (including phenoxy) is 1. The fourth-order valence-electron chi connectivity index (χ4n) is 2.38. The minimum Gasteiger partial charge on any atom is -0.496 e. The van der Waals surface area contributed by atoms with Crippen molar-refractivity contribution in [2.75, 3.05) is 31.4 Å². The SMILES string of the molecule is COc1cc(C)ccc1C(C)Nc1cccc(N(C)C)c1. The molecule has 2 rings (SSSR count). The maximum Gasteiger partial charge on any atom is 0.124 e. The van der Waals surface area contributed by atoms with E-state index >= 15 is 0 Å². The molecule has 1 unspecified atom stereocenters. The molecule has 3 nitrogen and oxygen atoms in total. The Labute approximate surface area is 127 Å². The van der Waals surface area contributed by atoms with Crippen LogP contribution in [0.3, 0.4) is 0 Å². The summed E-state index contributed by atoms with van der Waals surface area (Å²) in [7, 11) is 5.81. The van der Waals surface area contributed by atoms with Gasteiger partial charge in [-0.25, -0.2) is 0 Å². The van der Waals surface area contributed by atoms with E-state index in [0.29, 0.717) is 0 Å². The van der Waals surface area contributed by atoms with Crippen LogP contribution in [-0.4, -0.2) is 21.2 Å². The molecule has 0 spiro atoms. The quantitative estimate of drug-likeness (QED) is 0.888. The summed E-state index contributed by atoms with van der Waals surface area (Å²) in [5.74, 6) is 0.929. The van der Waals surface area contributed by atoms with Gasteiger partial charge >= 0.3 is 0 Å². The maximum absolute atomic E-state index is 5.50. The highest BCUT2D eigenvalue weighted by molar-refractivity contribution is 5.58. The summed E-state index contributed by atoms with van der Waals surface area (Å²) in [4.78, 5) is 2.10. The van der Waals surface area contributed by atoms with Gasteiger partial charge in [-0.1, -0.05) is 18.2 Å². The standard InChI is InChI=1S/C18H24N2O/c1-13-9-10-17(18(11-13)21-5)14(2)19-15-7-6-8-16(12-15)20(3)4/h6-12,14,19H,1-5H3. The molecule has 0 amide bonds. The van der Waals surface area contributed by atoms with Crippen molar-refractivity contribution in [2.45, 2.75) is 19.9 Å². The summed E-state index contributed by atoms with van der Waals surface area (Å²) in [6, 6.07) is 14.9. The van der Waals surface area contributed by atoms with Crippen molar-refractivity contribution >= 4 is 11.4 Å². The summed E-state index contributed by atoms with van der Waals surface area (Å²) in [6.45, 7) is 4.22. The second kappa shape index (κ2) is 6.53. The molecule has 0 fully saturated rings. The molecule has 0 radical (unpaired) electrons. The first-order valence-corrected chi connectivity index (χ1v) is 7.19. The van der Waals surface area contributed by atoms with E-state index in [1.54, 1.807) is 7.11 Å². The highest BCUT2D eigenvalue weighted by Crippen LogP contribution is 2.29. The molecule has 0 saturated carbocycles. The zero-order chi connectivity index (χ0) is 15.4. The number of nitrogens with zero attached hydrogens (tertiary/aromatic N) is 1. The number of nitrogens with one attached hydrogen (secondary N) is 1. The molecule has 0 aliphatic carbocycles. The highest BCUT2D eigenvalue weighted by Gasteiger charge is 2.11. The van der Waals surface area contributed by atoms with E-state index in [0.717, 1.165) is 11.4 Å². The number of hydrogen-bond donors (Lipinski definition) is 1. The maximum atomic E-state index is 5.50. The number of anilines is 2. The molecule has 0 aromatic heterocycles. The molecular formula is C18H24N2O. The summed E-state index contributed by atoms with van der Waals surface area (Å²) in [5.41, 5.74) is 4.66. The molecule has 1 atom stereocenters. The van der Waals surface area contributed by atoms with Crippen LogP contribution in [0.15, 0.2) is 42.5 Å². The second-order valence-corrected chi connectivity index (χ2v) is 5.56. The molecule has 0 saturated heterocycles. The Morgan fingerprint density at radius 3 is 2.52 bits per heavy atom. The summed E-state index contributed by atoms with van der Waals surface area (Å²) in [6.07, 6.45) is 0. The number of methoxy groups -OCH3 is 1. The molecule has 0 bridgehead atoms. The molecule has 0 aliphatic heterocycles. The van der Waals surface area contributed by atoms with E-state index < -0.39 is 0 Å². The Morgan fingerprint density at radius 1 is 1.10 bits per heavy atom. The Balaban J connectivity index is 2.21. The van der Waals surface area contributed by atoms with Crippen LogP contribution >= 0.6 is 0 Å². The fourth-order valence-corrected chi connectivity index (χ4v) is 2.38. The zero-order valence-electron chi connectivity index (χ0n) is 13.5. The number of aryl methyl sites for hydroxylation is 1. The lowest BCUT2D eigenvalue weighted by molar-refractivity contribution is 0.407. The van der Waals surface area contributed by atoms with Gasteiger partial charge in [0.25, 0.3) is 0 Å². The minimum absolute atomic E-state index is 0.179. The third-order valence-corrected chi connectivity index (χ3v) is 3.60. The average molecular weight is 284 g/mol. The molecule has 21 heavy (non-hydrogen) atoms. The van der Waals surface area contributed by atoms with Gasteiger partial charge in [-0.2, -0.15) is 0 Å². The zero-order valence-corrected chi connectivity index (χ0v) is 13.5. The molecule has 1 N–H and O–H groups in total. The van der Waals surface area contributed by atoms with Gasteiger partial charge in [0.1, 0.15) is 5.75 Å². The van der Waals surface area contributed by atoms with Crippen molar-refractivity contribution in [2.24, 2.45) is 0 Å². The van der Waals surface area contributed by atoms with Gasteiger partial charge in [0.05, 0.1) is 13.2 Å². The third kappa shape index (κ3) is 3.69. The van der Waals surface area contributed by atoms with Gasteiger partial charge in [0.15, 0.2) is 0 Å². The first kappa shape index (κ1) is 15.2. The highest BCUT2D eigenvalue weighted by atomic mass is 16.5. The molecule has 3 heteroatoms. The van der Waals surface area contributed by atoms with Gasteiger partial charge in [-0.15, -0.1) is 0 Å². The van der Waals surface area contributed by atoms with Crippen molar-refractivity contribution < 1.29 is 4.74 Å². The van der Waals surface area contributed by atoms with Crippen LogP contribution in [0.4, 0.5) is 11.4 Å². The number of rotatable bonds is 5. The van der Waals surface area contributed by atoms with Gasteiger partial charge in [-0.05, 0) is 43.7 Å². The lowest BCUT2D eigenvalue weighted by atomic mass is 10.0. The largest absolute Gasteiger partial charge is 0.496 e. The first-order chi connectivity index (χ1) is 10.0. The average Bonchev–Trinajstić information content (AvgIpc) is 2.47. The van der Waals surface area contributed by atoms with Gasteiger partial charge in [0.2, 0.25) is 0 Å². The van der Waals surface area contributed by atoms with Crippen LogP contribution in [0.5, 0.6) is 5.75 Å². The Bertz CT molecular complexity index is 608. The minimum atomic E-state index is 0.179. The third-order valence-electron chi connectivity index (χ3n) is 3.60. The summed E-state index contributed by atoms with van der Waals surface area (Å²) < 4.78 is 5.50. The van der Waals surface area contributed by atoms with Crippen molar-refractivity contribution in [1.82, 2.24) is 0 Å². The smallest absolute Gasteiger partial charge is 0.124 e. The van der Waals surface area contributed by atoms with Gasteiger partial charge < -0.3 is 15.0 Å². The van der Waals surface area contributed by atoms with E-state index in [4.69, 9.17) is 4.74 Å². The van der Waals surface area contributed by atoms with E-state index in [1.165, 1.54) is 16.8 Å². The topological polar surface area (TPSA) is 24.5 Å². The Morgan fingerprint density at radius 2 is 1.86 bits per heavy atom. The number of benzene rings is 2. The van der Waals surface area contributed by atoms with Crippen molar-refractivity contribution in [3.05, 3.63) is 53.6 Å². The first-order valence-electron chi connectivity index (χ1n) is 7.19. The van der Waals surface area contributed by atoms with E-state index in [1.807, 2.05) is 14.1 Å². The fraction of sp³-hybridized carbons (Fsp3) is 0.333. The van der Waals surface area contributed by atoms with E-state index in [2.05, 4.69) is 66.5 Å². The van der Waals surface area contributed by atoms with Crippen LogP contribution in [0.25, 0.3) is 0 Å². The van der Waals surface area contributed by atoms with Crippen LogP contribution in [0.2, 0.25) is 0 Å². The molecule has 0 aliphatic rings. The Hall–Kier alpha value is -2.16.